The first-order chi connectivity index (χ1) is 8.24. The molecule has 1 aromatic carbocycles. The first-order valence-corrected chi connectivity index (χ1v) is 7.26. The molecule has 0 aliphatic rings. The topological polar surface area (TPSA) is 3.24 Å². The number of unbranched alkanes of at least 4 members (excludes halogenated alkanes) is 2. The molecule has 0 heterocycles. The van der Waals surface area contributed by atoms with E-state index in [0.717, 1.165) is 12.3 Å². The Morgan fingerprint density at radius 2 is 1.76 bits per heavy atom. The molecule has 1 rings (SSSR count). The SMILES string of the molecule is CC(C)N(CCCCCS)Cc1ccccc1. The van der Waals surface area contributed by atoms with Crippen LogP contribution in [0.1, 0.15) is 38.7 Å². The van der Waals surface area contributed by atoms with Crippen molar-refractivity contribution < 1.29 is 0 Å². The molecule has 0 atom stereocenters. The second kappa shape index (κ2) is 8.60. The zero-order chi connectivity index (χ0) is 12.5. The summed E-state index contributed by atoms with van der Waals surface area (Å²) >= 11 is 4.25. The van der Waals surface area contributed by atoms with Gasteiger partial charge in [0.25, 0.3) is 0 Å². The maximum Gasteiger partial charge on any atom is 0.0236 e. The lowest BCUT2D eigenvalue weighted by Gasteiger charge is -2.26. The fraction of sp³-hybridized carbons (Fsp3) is 0.600. The minimum Gasteiger partial charge on any atom is -0.297 e. The van der Waals surface area contributed by atoms with Crippen molar-refractivity contribution in [3.05, 3.63) is 35.9 Å². The van der Waals surface area contributed by atoms with Gasteiger partial charge in [-0.1, -0.05) is 36.8 Å². The molecule has 0 spiro atoms. The van der Waals surface area contributed by atoms with E-state index in [9.17, 15) is 0 Å². The number of nitrogens with zero attached hydrogens (tertiary/aromatic N) is 1. The standard InChI is InChI=1S/C15H25NS/c1-14(2)16(11-7-4-8-12-17)13-15-9-5-3-6-10-15/h3,5-6,9-10,14,17H,4,7-8,11-13H2,1-2H3. The van der Waals surface area contributed by atoms with Crippen LogP contribution >= 0.6 is 12.6 Å². The van der Waals surface area contributed by atoms with Crippen LogP contribution in [-0.4, -0.2) is 23.2 Å². The highest BCUT2D eigenvalue weighted by Gasteiger charge is 2.09. The van der Waals surface area contributed by atoms with Gasteiger partial charge in [-0.3, -0.25) is 4.90 Å². The predicted molar refractivity (Wildman–Crippen MR) is 79.7 cm³/mol. The molecule has 0 aliphatic carbocycles. The molecule has 0 fully saturated rings. The lowest BCUT2D eigenvalue weighted by atomic mass is 10.1. The number of thiol groups is 1. The number of hydrogen-bond acceptors (Lipinski definition) is 2. The molecule has 0 radical (unpaired) electrons. The van der Waals surface area contributed by atoms with Crippen molar-refractivity contribution in [1.29, 1.82) is 0 Å². The van der Waals surface area contributed by atoms with E-state index in [1.807, 2.05) is 0 Å². The molecule has 0 unspecified atom stereocenters. The fourth-order valence-electron chi connectivity index (χ4n) is 1.94. The van der Waals surface area contributed by atoms with Crippen LogP contribution in [0.2, 0.25) is 0 Å². The highest BCUT2D eigenvalue weighted by molar-refractivity contribution is 7.80. The molecule has 0 N–H and O–H groups in total. The van der Waals surface area contributed by atoms with Gasteiger partial charge in [0, 0.05) is 12.6 Å². The van der Waals surface area contributed by atoms with Gasteiger partial charge in [-0.25, -0.2) is 0 Å². The lowest BCUT2D eigenvalue weighted by molar-refractivity contribution is 0.208. The summed E-state index contributed by atoms with van der Waals surface area (Å²) in [4.78, 5) is 2.55. The third-order valence-corrected chi connectivity index (χ3v) is 3.38. The van der Waals surface area contributed by atoms with Gasteiger partial charge in [0.1, 0.15) is 0 Å². The molecule has 1 nitrogen and oxygen atoms in total. The molecule has 0 amide bonds. The Balaban J connectivity index is 2.38. The van der Waals surface area contributed by atoms with Crippen molar-refractivity contribution in [1.82, 2.24) is 4.90 Å². The largest absolute Gasteiger partial charge is 0.297 e. The maximum atomic E-state index is 4.25. The summed E-state index contributed by atoms with van der Waals surface area (Å²) in [5, 5.41) is 0. The second-order valence-electron chi connectivity index (χ2n) is 4.83. The second-order valence-corrected chi connectivity index (χ2v) is 5.28. The normalized spacial score (nSPS) is 11.4. The summed E-state index contributed by atoms with van der Waals surface area (Å²) < 4.78 is 0. The van der Waals surface area contributed by atoms with E-state index in [1.54, 1.807) is 0 Å². The molecule has 0 saturated heterocycles. The van der Waals surface area contributed by atoms with E-state index in [-0.39, 0.29) is 0 Å². The lowest BCUT2D eigenvalue weighted by Crippen LogP contribution is -2.31. The molecule has 1 aromatic rings. The summed E-state index contributed by atoms with van der Waals surface area (Å²) in [6.07, 6.45) is 3.81. The van der Waals surface area contributed by atoms with Crippen LogP contribution < -0.4 is 0 Å². The number of rotatable bonds is 8. The molecule has 0 aliphatic heterocycles. The van der Waals surface area contributed by atoms with Crippen LogP contribution in [0, 0.1) is 0 Å². The third kappa shape index (κ3) is 6.13. The first-order valence-electron chi connectivity index (χ1n) is 6.63. The van der Waals surface area contributed by atoms with Crippen LogP contribution in [0.5, 0.6) is 0 Å². The van der Waals surface area contributed by atoms with Crippen molar-refractivity contribution >= 4 is 12.6 Å². The van der Waals surface area contributed by atoms with E-state index in [1.165, 1.54) is 31.4 Å². The van der Waals surface area contributed by atoms with Crippen LogP contribution in [0.3, 0.4) is 0 Å². The van der Waals surface area contributed by atoms with Gasteiger partial charge in [-0.05, 0) is 44.6 Å². The average Bonchev–Trinajstić information content (AvgIpc) is 2.34. The molecule has 2 heteroatoms. The zero-order valence-corrected chi connectivity index (χ0v) is 12.0. The summed E-state index contributed by atoms with van der Waals surface area (Å²) in [7, 11) is 0. The Bertz CT molecular complexity index is 284. The fourth-order valence-corrected chi connectivity index (χ4v) is 2.16. The highest BCUT2D eigenvalue weighted by atomic mass is 32.1. The molecular weight excluding hydrogens is 226 g/mol. The third-order valence-electron chi connectivity index (χ3n) is 3.06. The molecule has 17 heavy (non-hydrogen) atoms. The van der Waals surface area contributed by atoms with E-state index >= 15 is 0 Å². The molecular formula is C15H25NS. The van der Waals surface area contributed by atoms with Gasteiger partial charge in [0.15, 0.2) is 0 Å². The van der Waals surface area contributed by atoms with E-state index in [0.29, 0.717) is 6.04 Å². The Morgan fingerprint density at radius 1 is 1.06 bits per heavy atom. The van der Waals surface area contributed by atoms with Crippen LogP contribution in [0.15, 0.2) is 30.3 Å². The van der Waals surface area contributed by atoms with Crippen LogP contribution in [0.25, 0.3) is 0 Å². The summed E-state index contributed by atoms with van der Waals surface area (Å²) in [6.45, 7) is 6.82. The van der Waals surface area contributed by atoms with Crippen molar-refractivity contribution in [2.45, 2.75) is 45.7 Å². The minimum atomic E-state index is 0.617. The average molecular weight is 251 g/mol. The van der Waals surface area contributed by atoms with Gasteiger partial charge in [0.2, 0.25) is 0 Å². The Labute approximate surface area is 112 Å². The van der Waals surface area contributed by atoms with E-state index in [2.05, 4.69) is 61.7 Å². The van der Waals surface area contributed by atoms with Crippen molar-refractivity contribution in [2.24, 2.45) is 0 Å². The van der Waals surface area contributed by atoms with Gasteiger partial charge >= 0.3 is 0 Å². The van der Waals surface area contributed by atoms with Gasteiger partial charge in [-0.15, -0.1) is 0 Å². The quantitative estimate of drug-likeness (QED) is 0.540. The first kappa shape index (κ1) is 14.6. The number of benzene rings is 1. The predicted octanol–water partition coefficient (Wildman–Crippen LogP) is 4.00. The maximum absolute atomic E-state index is 4.25. The minimum absolute atomic E-state index is 0.617. The van der Waals surface area contributed by atoms with E-state index < -0.39 is 0 Å². The van der Waals surface area contributed by atoms with Crippen LogP contribution in [-0.2, 0) is 6.54 Å². The van der Waals surface area contributed by atoms with E-state index in [4.69, 9.17) is 0 Å². The smallest absolute Gasteiger partial charge is 0.0236 e. The Kier molecular flexibility index (Phi) is 7.38. The molecule has 0 aromatic heterocycles. The molecule has 0 saturated carbocycles. The zero-order valence-electron chi connectivity index (χ0n) is 11.1. The highest BCUT2D eigenvalue weighted by Crippen LogP contribution is 2.10. The summed E-state index contributed by atoms with van der Waals surface area (Å²) in [6, 6.07) is 11.4. The van der Waals surface area contributed by atoms with Crippen LogP contribution in [0.4, 0.5) is 0 Å². The van der Waals surface area contributed by atoms with Gasteiger partial charge in [-0.2, -0.15) is 12.6 Å². The van der Waals surface area contributed by atoms with Gasteiger partial charge < -0.3 is 0 Å². The monoisotopic (exact) mass is 251 g/mol. The molecule has 96 valence electrons. The van der Waals surface area contributed by atoms with Crippen molar-refractivity contribution in [3.8, 4) is 0 Å². The Morgan fingerprint density at radius 3 is 2.35 bits per heavy atom. The molecule has 0 bridgehead atoms. The number of hydrogen-bond donors (Lipinski definition) is 1. The van der Waals surface area contributed by atoms with Gasteiger partial charge in [0.05, 0.1) is 0 Å². The Hall–Kier alpha value is -0.470. The van der Waals surface area contributed by atoms with Crippen molar-refractivity contribution in [3.63, 3.8) is 0 Å². The summed E-state index contributed by atoms with van der Waals surface area (Å²) in [5.74, 6) is 1.01. The summed E-state index contributed by atoms with van der Waals surface area (Å²) in [5.41, 5.74) is 1.41. The van der Waals surface area contributed by atoms with Crippen molar-refractivity contribution in [2.75, 3.05) is 12.3 Å².